The molecule has 2 fully saturated rings. The summed E-state index contributed by atoms with van der Waals surface area (Å²) in [7, 11) is 0. The van der Waals surface area contributed by atoms with Gasteiger partial charge in [0.1, 0.15) is 0 Å². The predicted octanol–water partition coefficient (Wildman–Crippen LogP) is 4.39. The van der Waals surface area contributed by atoms with Crippen molar-refractivity contribution < 1.29 is 14.7 Å². The van der Waals surface area contributed by atoms with Crippen molar-refractivity contribution in [2.45, 2.75) is 59.3 Å². The summed E-state index contributed by atoms with van der Waals surface area (Å²) < 4.78 is 0. The first-order valence-corrected chi connectivity index (χ1v) is 8.78. The summed E-state index contributed by atoms with van der Waals surface area (Å²) in [6.45, 7) is 10.1. The van der Waals surface area contributed by atoms with E-state index in [1.54, 1.807) is 13.0 Å². The quantitative estimate of drug-likeness (QED) is 0.769. The molecule has 3 nitrogen and oxygen atoms in total. The molecule has 0 aliphatic heterocycles. The Morgan fingerprint density at radius 1 is 1.30 bits per heavy atom. The molecule has 23 heavy (non-hydrogen) atoms. The van der Waals surface area contributed by atoms with Crippen LogP contribution in [0.3, 0.4) is 0 Å². The van der Waals surface area contributed by atoms with Crippen LogP contribution < -0.4 is 0 Å². The van der Waals surface area contributed by atoms with E-state index >= 15 is 0 Å². The summed E-state index contributed by atoms with van der Waals surface area (Å²) in [6.07, 6.45) is 9.26. The van der Waals surface area contributed by atoms with Gasteiger partial charge in [0, 0.05) is 5.92 Å². The zero-order valence-corrected chi connectivity index (χ0v) is 14.5. The molecule has 3 aliphatic rings. The Kier molecular flexibility index (Phi) is 3.62. The number of carbonyl (C=O) groups excluding carboxylic acids is 1. The average molecular weight is 316 g/mol. The van der Waals surface area contributed by atoms with Crippen LogP contribution in [0.2, 0.25) is 0 Å². The van der Waals surface area contributed by atoms with Crippen molar-refractivity contribution in [1.82, 2.24) is 0 Å². The molecule has 0 amide bonds. The third kappa shape index (κ3) is 2.23. The second kappa shape index (κ2) is 5.06. The maximum atomic E-state index is 12.9. The van der Waals surface area contributed by atoms with Gasteiger partial charge in [0.15, 0.2) is 5.78 Å². The maximum absolute atomic E-state index is 12.9. The fourth-order valence-corrected chi connectivity index (χ4v) is 5.78. The summed E-state index contributed by atoms with van der Waals surface area (Å²) in [4.78, 5) is 24.9. The normalized spacial score (nSPS) is 46.4. The van der Waals surface area contributed by atoms with Gasteiger partial charge in [-0.1, -0.05) is 31.9 Å². The molecule has 0 aromatic carbocycles. The number of hydrogen-bond acceptors (Lipinski definition) is 2. The molecule has 3 heteroatoms. The van der Waals surface area contributed by atoms with Gasteiger partial charge in [-0.05, 0) is 61.9 Å². The molecule has 2 unspecified atom stereocenters. The van der Waals surface area contributed by atoms with Crippen LogP contribution in [0.4, 0.5) is 0 Å². The zero-order chi connectivity index (χ0) is 17.0. The molecule has 0 saturated heterocycles. The molecule has 0 aromatic rings. The third-order valence-corrected chi connectivity index (χ3v) is 7.16. The van der Waals surface area contributed by atoms with E-state index in [-0.39, 0.29) is 22.5 Å². The number of carboxylic acids is 1. The van der Waals surface area contributed by atoms with E-state index in [9.17, 15) is 14.7 Å². The summed E-state index contributed by atoms with van der Waals surface area (Å²) in [5.41, 5.74) is 0.161. The zero-order valence-electron chi connectivity index (χ0n) is 14.5. The highest BCUT2D eigenvalue weighted by Gasteiger charge is 2.61. The Bertz CT molecular complexity index is 604. The van der Waals surface area contributed by atoms with Gasteiger partial charge in [-0.3, -0.25) is 9.59 Å². The van der Waals surface area contributed by atoms with E-state index in [1.165, 1.54) is 5.57 Å². The lowest BCUT2D eigenvalue weighted by molar-refractivity contribution is -0.167. The molecule has 3 aliphatic carbocycles. The lowest BCUT2D eigenvalue weighted by Gasteiger charge is -2.57. The van der Waals surface area contributed by atoms with Crippen molar-refractivity contribution in [2.24, 2.45) is 28.1 Å². The molecule has 0 aromatic heterocycles. The van der Waals surface area contributed by atoms with Crippen LogP contribution in [0.25, 0.3) is 0 Å². The Balaban J connectivity index is 2.07. The molecule has 5 atom stereocenters. The minimum atomic E-state index is -0.925. The first kappa shape index (κ1) is 16.5. The molecule has 0 spiro atoms. The van der Waals surface area contributed by atoms with Gasteiger partial charge < -0.3 is 5.11 Å². The minimum absolute atomic E-state index is 0.0386. The van der Waals surface area contributed by atoms with Gasteiger partial charge in [-0.15, -0.1) is 6.58 Å². The number of rotatable bonds is 2. The van der Waals surface area contributed by atoms with Crippen LogP contribution in [0.15, 0.2) is 24.3 Å². The highest BCUT2D eigenvalue weighted by Crippen LogP contribution is 2.62. The summed E-state index contributed by atoms with van der Waals surface area (Å²) in [6, 6.07) is 0. The number of ketones is 1. The third-order valence-electron chi connectivity index (χ3n) is 7.16. The average Bonchev–Trinajstić information content (AvgIpc) is 2.46. The molecule has 0 radical (unpaired) electrons. The van der Waals surface area contributed by atoms with Crippen LogP contribution in [0, 0.1) is 28.1 Å². The van der Waals surface area contributed by atoms with E-state index < -0.39 is 11.4 Å². The summed E-state index contributed by atoms with van der Waals surface area (Å²) in [5, 5.41) is 9.80. The van der Waals surface area contributed by atoms with Crippen LogP contribution in [-0.4, -0.2) is 16.9 Å². The Labute approximate surface area is 138 Å². The van der Waals surface area contributed by atoms with Crippen LogP contribution in [0.5, 0.6) is 0 Å². The van der Waals surface area contributed by atoms with Crippen LogP contribution in [-0.2, 0) is 9.59 Å². The number of fused-ring (bicyclic) bond motifs is 3. The monoisotopic (exact) mass is 316 g/mol. The molecule has 126 valence electrons. The molecular weight excluding hydrogens is 288 g/mol. The van der Waals surface area contributed by atoms with E-state index in [1.807, 2.05) is 6.08 Å². The van der Waals surface area contributed by atoms with E-state index in [2.05, 4.69) is 20.4 Å². The number of allylic oxidation sites excluding steroid dienone is 3. The fourth-order valence-electron chi connectivity index (χ4n) is 5.78. The maximum Gasteiger partial charge on any atom is 0.310 e. The Hall–Kier alpha value is -1.38. The van der Waals surface area contributed by atoms with Gasteiger partial charge in [0.25, 0.3) is 0 Å². The molecular formula is C20H28O3. The summed E-state index contributed by atoms with van der Waals surface area (Å²) in [5.74, 6) is -0.817. The second-order valence-corrected chi connectivity index (χ2v) is 8.76. The molecule has 0 heterocycles. The van der Waals surface area contributed by atoms with E-state index in [0.29, 0.717) is 12.3 Å². The van der Waals surface area contributed by atoms with Gasteiger partial charge in [0.05, 0.1) is 5.41 Å². The molecule has 2 saturated carbocycles. The van der Waals surface area contributed by atoms with Crippen molar-refractivity contribution >= 4 is 11.8 Å². The highest BCUT2D eigenvalue weighted by atomic mass is 16.4. The van der Waals surface area contributed by atoms with Crippen molar-refractivity contribution in [2.75, 3.05) is 0 Å². The van der Waals surface area contributed by atoms with Crippen LogP contribution in [0.1, 0.15) is 59.3 Å². The van der Waals surface area contributed by atoms with E-state index in [4.69, 9.17) is 0 Å². The smallest absolute Gasteiger partial charge is 0.310 e. The van der Waals surface area contributed by atoms with Gasteiger partial charge in [-0.2, -0.15) is 0 Å². The number of aliphatic carboxylic acids is 1. The molecule has 0 bridgehead atoms. The van der Waals surface area contributed by atoms with Crippen molar-refractivity contribution in [3.63, 3.8) is 0 Å². The standard InChI is InChI=1S/C20H28O3/c1-5-18(2)10-7-14-13(12-18)11-15(21)16-19(14,3)8-6-9-20(16,4)17(22)23/h5,11,14,16H,1,6-10,12H2,2-4H3,(H,22,23)/t14?,16?,18-,19-,20+/m1/s1. The van der Waals surface area contributed by atoms with Gasteiger partial charge in [-0.25, -0.2) is 0 Å². The number of hydrogen-bond donors (Lipinski definition) is 1. The van der Waals surface area contributed by atoms with Gasteiger partial charge >= 0.3 is 5.97 Å². The lowest BCUT2D eigenvalue weighted by Crippen LogP contribution is -2.57. The first-order valence-electron chi connectivity index (χ1n) is 8.78. The highest BCUT2D eigenvalue weighted by molar-refractivity contribution is 5.98. The number of carbonyl (C=O) groups is 2. The fraction of sp³-hybridized carbons (Fsp3) is 0.700. The van der Waals surface area contributed by atoms with Crippen molar-refractivity contribution in [3.8, 4) is 0 Å². The number of carboxylic acid groups (broad SMARTS) is 1. The van der Waals surface area contributed by atoms with Gasteiger partial charge in [0.2, 0.25) is 0 Å². The van der Waals surface area contributed by atoms with Crippen LogP contribution >= 0.6 is 0 Å². The predicted molar refractivity (Wildman–Crippen MR) is 89.9 cm³/mol. The van der Waals surface area contributed by atoms with E-state index in [0.717, 1.165) is 32.1 Å². The largest absolute Gasteiger partial charge is 0.481 e. The molecule has 3 rings (SSSR count). The first-order chi connectivity index (χ1) is 10.7. The second-order valence-electron chi connectivity index (χ2n) is 8.76. The Morgan fingerprint density at radius 3 is 2.61 bits per heavy atom. The summed E-state index contributed by atoms with van der Waals surface area (Å²) >= 11 is 0. The lowest BCUT2D eigenvalue weighted by atomic mass is 9.45. The molecule has 1 N–H and O–H groups in total. The topological polar surface area (TPSA) is 54.4 Å². The minimum Gasteiger partial charge on any atom is -0.481 e. The SMILES string of the molecule is C=C[C@]1(C)CCC2C(=CC(=O)C3[C@]2(C)CCC[C@]3(C)C(=O)O)C1. The Morgan fingerprint density at radius 2 is 2.00 bits per heavy atom. The van der Waals surface area contributed by atoms with Crippen molar-refractivity contribution in [3.05, 3.63) is 24.3 Å². The van der Waals surface area contributed by atoms with Crippen molar-refractivity contribution in [1.29, 1.82) is 0 Å².